The molecule has 3 aromatic carbocycles. The molecular formula is C27H26N4O9SSi. The third kappa shape index (κ3) is 5.77. The molecule has 2 aliphatic heterocycles. The van der Waals surface area contributed by atoms with Crippen molar-refractivity contribution in [2.24, 2.45) is 0 Å². The van der Waals surface area contributed by atoms with Crippen molar-refractivity contribution in [3.8, 4) is 0 Å². The first-order chi connectivity index (χ1) is 19.9. The summed E-state index contributed by atoms with van der Waals surface area (Å²) in [5, 5.41) is 34.4. The van der Waals surface area contributed by atoms with Crippen molar-refractivity contribution in [1.82, 2.24) is 4.90 Å². The molecule has 0 radical (unpaired) electrons. The first-order valence-corrected chi connectivity index (χ1v) is 17.0. The van der Waals surface area contributed by atoms with E-state index in [1.807, 2.05) is 29.9 Å². The van der Waals surface area contributed by atoms with Gasteiger partial charge in [-0.3, -0.25) is 30.3 Å². The van der Waals surface area contributed by atoms with Crippen molar-refractivity contribution in [1.29, 1.82) is 0 Å². The lowest BCUT2D eigenvalue weighted by atomic mass is 10.1. The van der Waals surface area contributed by atoms with Crippen LogP contribution in [0.5, 0.6) is 0 Å². The number of nitro benzene ring substituents is 3. The Hall–Kier alpha value is -4.15. The van der Waals surface area contributed by atoms with Crippen LogP contribution in [0.15, 0.2) is 84.4 Å². The Morgan fingerprint density at radius 2 is 1.29 bits per heavy atom. The Morgan fingerprint density at radius 3 is 1.76 bits per heavy atom. The number of non-ortho nitro benzene ring substituents is 3. The van der Waals surface area contributed by atoms with Crippen LogP contribution < -0.4 is 0 Å². The van der Waals surface area contributed by atoms with E-state index in [1.165, 1.54) is 48.2 Å². The van der Waals surface area contributed by atoms with E-state index in [4.69, 9.17) is 13.9 Å². The Kier molecular flexibility index (Phi) is 7.87. The lowest BCUT2D eigenvalue weighted by molar-refractivity contribution is -0.385. The Labute approximate surface area is 245 Å². The highest BCUT2D eigenvalue weighted by Gasteiger charge is 2.59. The molecule has 42 heavy (non-hydrogen) atoms. The largest absolute Gasteiger partial charge is 0.394 e. The molecule has 2 aliphatic rings. The predicted molar refractivity (Wildman–Crippen MR) is 155 cm³/mol. The number of hydrogen-bond donors (Lipinski definition) is 0. The van der Waals surface area contributed by atoms with E-state index in [-0.39, 0.29) is 17.1 Å². The normalized spacial score (nSPS) is 22.4. The minimum atomic E-state index is -2.25. The minimum absolute atomic E-state index is 0.0611. The van der Waals surface area contributed by atoms with Gasteiger partial charge in [0.15, 0.2) is 14.6 Å². The summed E-state index contributed by atoms with van der Waals surface area (Å²) in [4.78, 5) is 34.2. The fraction of sp³-hybridized carbons (Fsp3) is 0.259. The monoisotopic (exact) mass is 610 g/mol. The van der Waals surface area contributed by atoms with E-state index in [1.54, 1.807) is 42.6 Å². The van der Waals surface area contributed by atoms with Gasteiger partial charge >= 0.3 is 0 Å². The van der Waals surface area contributed by atoms with Gasteiger partial charge in [-0.2, -0.15) is 0 Å². The van der Waals surface area contributed by atoms with Crippen molar-refractivity contribution in [2.45, 2.75) is 43.3 Å². The molecule has 1 saturated heterocycles. The number of nitro groups is 3. The van der Waals surface area contributed by atoms with E-state index in [0.29, 0.717) is 16.7 Å². The van der Waals surface area contributed by atoms with Crippen LogP contribution in [0.2, 0.25) is 19.6 Å². The van der Waals surface area contributed by atoms with E-state index in [0.717, 1.165) is 0 Å². The summed E-state index contributed by atoms with van der Waals surface area (Å²) in [6, 6.07) is 17.9. The van der Waals surface area contributed by atoms with Gasteiger partial charge in [0, 0.05) is 53.7 Å². The maximum Gasteiger partial charge on any atom is 0.269 e. The summed E-state index contributed by atoms with van der Waals surface area (Å²) in [6.45, 7) is 6.06. The van der Waals surface area contributed by atoms with Gasteiger partial charge in [0.05, 0.1) is 14.8 Å². The number of thioether (sulfide) groups is 1. The molecule has 13 nitrogen and oxygen atoms in total. The third-order valence-corrected chi connectivity index (χ3v) is 8.62. The quantitative estimate of drug-likeness (QED) is 0.140. The highest BCUT2D eigenvalue weighted by Crippen LogP contribution is 2.59. The van der Waals surface area contributed by atoms with E-state index < -0.39 is 46.8 Å². The molecule has 2 heterocycles. The zero-order valence-electron chi connectivity index (χ0n) is 22.7. The smallest absolute Gasteiger partial charge is 0.269 e. The number of benzene rings is 3. The molecule has 4 atom stereocenters. The van der Waals surface area contributed by atoms with Crippen LogP contribution in [0.3, 0.4) is 0 Å². The molecule has 3 aromatic rings. The van der Waals surface area contributed by atoms with Gasteiger partial charge < -0.3 is 18.8 Å². The second-order valence-corrected chi connectivity index (χ2v) is 16.1. The molecule has 0 aromatic heterocycles. The first-order valence-electron chi connectivity index (χ1n) is 12.7. The molecule has 0 aliphatic carbocycles. The summed E-state index contributed by atoms with van der Waals surface area (Å²) in [7, 11) is -2.25. The van der Waals surface area contributed by atoms with Gasteiger partial charge in [-0.1, -0.05) is 11.8 Å². The standard InChI is InChI=1S/C27H26N4O9SSi/c1-42(2,3)40-25(19-6-12-22(13-7-19)30(34)35)28-16-17-41-27(28)24(18-4-10-21(11-5-18)29(32)33)38-26(39-27)20-8-14-23(15-9-20)31(36)37/h4-17,24-26H,1-3H3. The number of hydrogen-bond acceptors (Lipinski definition) is 11. The molecule has 0 N–H and O–H groups in total. The van der Waals surface area contributed by atoms with Gasteiger partial charge in [0.1, 0.15) is 12.3 Å². The molecule has 1 fully saturated rings. The summed E-state index contributed by atoms with van der Waals surface area (Å²) in [5.41, 5.74) is 1.56. The molecule has 0 amide bonds. The van der Waals surface area contributed by atoms with E-state index in [9.17, 15) is 30.3 Å². The number of nitrogens with zero attached hydrogens (tertiary/aromatic N) is 4. The molecule has 0 saturated carbocycles. The summed E-state index contributed by atoms with van der Waals surface area (Å²) < 4.78 is 19.8. The van der Waals surface area contributed by atoms with Gasteiger partial charge in [-0.25, -0.2) is 0 Å². The van der Waals surface area contributed by atoms with E-state index >= 15 is 0 Å². The summed E-state index contributed by atoms with van der Waals surface area (Å²) in [5.74, 6) is 0. The van der Waals surface area contributed by atoms with Crippen LogP contribution in [0, 0.1) is 30.3 Å². The topological polar surface area (TPSA) is 160 Å². The van der Waals surface area contributed by atoms with Crippen molar-refractivity contribution in [2.75, 3.05) is 0 Å². The van der Waals surface area contributed by atoms with Crippen LogP contribution in [-0.2, 0) is 13.9 Å². The van der Waals surface area contributed by atoms with Crippen molar-refractivity contribution in [3.05, 3.63) is 131 Å². The maximum atomic E-state index is 11.3. The SMILES string of the molecule is C[Si](C)(C)OC(c1ccc([N+](=O)[O-])cc1)N1C=CSC12OC(c1ccc([N+](=O)[O-])cc1)OC2c1ccc([N+](=O)[O-])cc1. The first kappa shape index (κ1) is 29.3. The average molecular weight is 611 g/mol. The van der Waals surface area contributed by atoms with Gasteiger partial charge in [0.25, 0.3) is 17.1 Å². The summed E-state index contributed by atoms with van der Waals surface area (Å²) in [6.07, 6.45) is -0.685. The molecule has 5 rings (SSSR count). The molecule has 1 spiro atoms. The van der Waals surface area contributed by atoms with Crippen LogP contribution in [0.1, 0.15) is 35.3 Å². The number of rotatable bonds is 9. The lowest BCUT2D eigenvalue weighted by Gasteiger charge is -2.43. The molecule has 0 bridgehead atoms. The van der Waals surface area contributed by atoms with Gasteiger partial charge in [-0.05, 0) is 67.0 Å². The molecule has 15 heteroatoms. The van der Waals surface area contributed by atoms with Crippen molar-refractivity contribution in [3.63, 3.8) is 0 Å². The zero-order chi connectivity index (χ0) is 30.2. The highest BCUT2D eigenvalue weighted by atomic mass is 32.2. The van der Waals surface area contributed by atoms with Crippen LogP contribution >= 0.6 is 11.8 Å². The highest BCUT2D eigenvalue weighted by molar-refractivity contribution is 8.03. The second-order valence-electron chi connectivity index (χ2n) is 10.5. The van der Waals surface area contributed by atoms with Crippen LogP contribution in [0.25, 0.3) is 0 Å². The number of ether oxygens (including phenoxy) is 2. The van der Waals surface area contributed by atoms with Crippen LogP contribution in [0.4, 0.5) is 17.1 Å². The fourth-order valence-corrected chi connectivity index (χ4v) is 6.72. The fourth-order valence-electron chi connectivity index (χ4n) is 4.68. The Balaban J connectivity index is 1.59. The second kappa shape index (κ2) is 11.3. The van der Waals surface area contributed by atoms with Crippen molar-refractivity contribution >= 4 is 37.1 Å². The third-order valence-electron chi connectivity index (χ3n) is 6.57. The minimum Gasteiger partial charge on any atom is -0.394 e. The van der Waals surface area contributed by atoms with E-state index in [2.05, 4.69) is 0 Å². The Bertz CT molecular complexity index is 1530. The Morgan fingerprint density at radius 1 is 0.810 bits per heavy atom. The molecular weight excluding hydrogens is 584 g/mol. The maximum absolute atomic E-state index is 11.3. The zero-order valence-corrected chi connectivity index (χ0v) is 24.5. The average Bonchev–Trinajstić information content (AvgIpc) is 3.55. The van der Waals surface area contributed by atoms with Crippen LogP contribution in [-0.4, -0.2) is 33.0 Å². The van der Waals surface area contributed by atoms with Gasteiger partial charge in [0.2, 0.25) is 5.06 Å². The lowest BCUT2D eigenvalue weighted by Crippen LogP contribution is -2.48. The predicted octanol–water partition coefficient (Wildman–Crippen LogP) is 6.92. The van der Waals surface area contributed by atoms with Gasteiger partial charge in [-0.15, -0.1) is 0 Å². The summed E-state index contributed by atoms with van der Waals surface area (Å²) >= 11 is 1.32. The molecule has 218 valence electrons. The van der Waals surface area contributed by atoms with Crippen molar-refractivity contribution < 1.29 is 28.7 Å². The molecule has 4 unspecified atom stereocenters.